The molecule has 0 aliphatic carbocycles. The molecule has 0 aliphatic heterocycles. The zero-order chi connectivity index (χ0) is 9.72. The van der Waals surface area contributed by atoms with Gasteiger partial charge in [-0.3, -0.25) is 14.4 Å². The fourth-order valence-corrected chi connectivity index (χ4v) is 0.695. The van der Waals surface area contributed by atoms with Crippen molar-refractivity contribution in [2.45, 2.75) is 12.8 Å². The minimum absolute atomic E-state index is 0.540. The van der Waals surface area contributed by atoms with Gasteiger partial charge in [0.2, 0.25) is 5.91 Å². The molecule has 0 aromatic rings. The van der Waals surface area contributed by atoms with Crippen molar-refractivity contribution in [3.8, 4) is 0 Å². The van der Waals surface area contributed by atoms with Crippen LogP contribution < -0.4 is 5.73 Å². The van der Waals surface area contributed by atoms with Crippen molar-refractivity contribution in [2.75, 3.05) is 0 Å². The van der Waals surface area contributed by atoms with Gasteiger partial charge in [-0.25, -0.2) is 0 Å². The fourth-order valence-electron chi connectivity index (χ4n) is 0.695. The first-order valence-corrected chi connectivity index (χ1v) is 3.16. The molecule has 0 bridgehead atoms. The molecule has 0 radical (unpaired) electrons. The molecule has 68 valence electrons. The maximum atomic E-state index is 10.5. The smallest absolute Gasteiger partial charge is 0.304 e. The van der Waals surface area contributed by atoms with E-state index in [1.54, 1.807) is 0 Å². The third-order valence-electron chi connectivity index (χ3n) is 1.24. The van der Waals surface area contributed by atoms with Crippen LogP contribution in [0, 0.1) is 5.92 Å². The largest absolute Gasteiger partial charge is 0.481 e. The van der Waals surface area contributed by atoms with Crippen molar-refractivity contribution in [3.63, 3.8) is 0 Å². The quantitative estimate of drug-likeness (QED) is 0.497. The number of carbonyl (C=O) groups is 3. The second-order valence-electron chi connectivity index (χ2n) is 2.30. The highest BCUT2D eigenvalue weighted by atomic mass is 16.4. The summed E-state index contributed by atoms with van der Waals surface area (Å²) in [4.78, 5) is 30.7. The molecule has 0 spiro atoms. The van der Waals surface area contributed by atoms with E-state index < -0.39 is 36.6 Å². The van der Waals surface area contributed by atoms with Crippen LogP contribution in [0.25, 0.3) is 0 Å². The molecule has 6 nitrogen and oxygen atoms in total. The van der Waals surface area contributed by atoms with E-state index in [9.17, 15) is 14.4 Å². The number of carboxylic acids is 2. The van der Waals surface area contributed by atoms with Crippen molar-refractivity contribution >= 4 is 17.8 Å². The Balaban J connectivity index is 4.14. The number of primary amides is 1. The van der Waals surface area contributed by atoms with E-state index in [4.69, 9.17) is 15.9 Å². The van der Waals surface area contributed by atoms with Gasteiger partial charge in [0.05, 0.1) is 18.8 Å². The molecule has 0 rings (SSSR count). The van der Waals surface area contributed by atoms with Gasteiger partial charge >= 0.3 is 11.9 Å². The van der Waals surface area contributed by atoms with Crippen molar-refractivity contribution in [2.24, 2.45) is 11.7 Å². The first kappa shape index (κ1) is 10.4. The predicted octanol–water partition coefficient (Wildman–Crippen LogP) is -0.963. The van der Waals surface area contributed by atoms with Gasteiger partial charge in [0, 0.05) is 0 Å². The van der Waals surface area contributed by atoms with Crippen molar-refractivity contribution < 1.29 is 24.6 Å². The maximum absolute atomic E-state index is 10.5. The number of rotatable bonds is 5. The van der Waals surface area contributed by atoms with Gasteiger partial charge in [-0.1, -0.05) is 0 Å². The molecule has 0 aromatic heterocycles. The van der Waals surface area contributed by atoms with Gasteiger partial charge in [0.15, 0.2) is 0 Å². The number of carbonyl (C=O) groups excluding carboxylic acids is 1. The molecular weight excluding hydrogens is 166 g/mol. The summed E-state index contributed by atoms with van der Waals surface area (Å²) in [6.45, 7) is 0. The Morgan fingerprint density at radius 3 is 1.58 bits per heavy atom. The summed E-state index contributed by atoms with van der Waals surface area (Å²) in [6, 6.07) is 0. The standard InChI is InChI=1S/C6H9NO5/c7-6(12)3(1-4(8)9)2-5(10)11/h3H,1-2H2,(H2,7,12)(H,8,9)(H,10,11). The highest BCUT2D eigenvalue weighted by Gasteiger charge is 2.21. The monoisotopic (exact) mass is 175 g/mol. The van der Waals surface area contributed by atoms with Gasteiger partial charge in [-0.2, -0.15) is 0 Å². The molecule has 0 atom stereocenters. The minimum atomic E-state index is -1.24. The van der Waals surface area contributed by atoms with Crippen LogP contribution in [0.3, 0.4) is 0 Å². The van der Waals surface area contributed by atoms with Crippen LogP contribution in [0.4, 0.5) is 0 Å². The normalized spacial score (nSPS) is 9.75. The van der Waals surface area contributed by atoms with Gasteiger partial charge in [-0.05, 0) is 0 Å². The molecule has 0 saturated carbocycles. The number of nitrogens with two attached hydrogens (primary N) is 1. The second-order valence-corrected chi connectivity index (χ2v) is 2.30. The van der Waals surface area contributed by atoms with Gasteiger partial charge < -0.3 is 15.9 Å². The minimum Gasteiger partial charge on any atom is -0.481 e. The Morgan fingerprint density at radius 1 is 1.08 bits per heavy atom. The average Bonchev–Trinajstić information content (AvgIpc) is 1.83. The Kier molecular flexibility index (Phi) is 3.75. The number of carboxylic acid groups (broad SMARTS) is 2. The van der Waals surface area contributed by atoms with Gasteiger partial charge in [0.1, 0.15) is 0 Å². The van der Waals surface area contributed by atoms with E-state index in [0.717, 1.165) is 0 Å². The van der Waals surface area contributed by atoms with E-state index in [2.05, 4.69) is 0 Å². The Labute approximate surface area is 68.0 Å². The van der Waals surface area contributed by atoms with E-state index in [0.29, 0.717) is 0 Å². The fraction of sp³-hybridized carbons (Fsp3) is 0.500. The van der Waals surface area contributed by atoms with E-state index in [1.165, 1.54) is 0 Å². The molecule has 0 heterocycles. The highest BCUT2D eigenvalue weighted by Crippen LogP contribution is 2.07. The lowest BCUT2D eigenvalue weighted by Gasteiger charge is -2.06. The topological polar surface area (TPSA) is 118 Å². The van der Waals surface area contributed by atoms with Crippen LogP contribution in [-0.4, -0.2) is 28.1 Å². The van der Waals surface area contributed by atoms with Crippen molar-refractivity contribution in [1.29, 1.82) is 0 Å². The molecule has 4 N–H and O–H groups in total. The SMILES string of the molecule is NC(=O)C(CC(=O)O)CC(=O)O. The summed E-state index contributed by atoms with van der Waals surface area (Å²) in [5.74, 6) is -4.50. The summed E-state index contributed by atoms with van der Waals surface area (Å²) >= 11 is 0. The zero-order valence-corrected chi connectivity index (χ0v) is 6.19. The Bertz CT molecular complexity index is 196. The molecule has 1 amide bonds. The molecular formula is C6H9NO5. The molecule has 6 heteroatoms. The first-order valence-electron chi connectivity index (χ1n) is 3.16. The number of hydrogen-bond acceptors (Lipinski definition) is 3. The van der Waals surface area contributed by atoms with Gasteiger partial charge in [-0.15, -0.1) is 0 Å². The van der Waals surface area contributed by atoms with Crippen molar-refractivity contribution in [3.05, 3.63) is 0 Å². The Morgan fingerprint density at radius 2 is 1.42 bits per heavy atom. The van der Waals surface area contributed by atoms with E-state index >= 15 is 0 Å². The summed E-state index contributed by atoms with van der Waals surface area (Å²) < 4.78 is 0. The number of aliphatic carboxylic acids is 2. The van der Waals surface area contributed by atoms with Gasteiger partial charge in [0.25, 0.3) is 0 Å². The molecule has 0 unspecified atom stereocenters. The lowest BCUT2D eigenvalue weighted by Crippen LogP contribution is -2.27. The summed E-state index contributed by atoms with van der Waals surface area (Å²) in [6.07, 6.45) is -1.08. The maximum Gasteiger partial charge on any atom is 0.304 e. The third-order valence-corrected chi connectivity index (χ3v) is 1.24. The molecule has 0 saturated heterocycles. The van der Waals surface area contributed by atoms with Crippen LogP contribution in [-0.2, 0) is 14.4 Å². The first-order chi connectivity index (χ1) is 5.43. The molecule has 0 aromatic carbocycles. The third kappa shape index (κ3) is 4.26. The highest BCUT2D eigenvalue weighted by molar-refractivity contribution is 5.85. The summed E-state index contributed by atoms with van der Waals surface area (Å²) in [5.41, 5.74) is 4.77. The van der Waals surface area contributed by atoms with Crippen molar-refractivity contribution in [1.82, 2.24) is 0 Å². The molecule has 0 fully saturated rings. The van der Waals surface area contributed by atoms with Crippen LogP contribution in [0.1, 0.15) is 12.8 Å². The molecule has 0 aliphatic rings. The average molecular weight is 175 g/mol. The van der Waals surface area contributed by atoms with Crippen LogP contribution in [0.5, 0.6) is 0 Å². The lowest BCUT2D eigenvalue weighted by atomic mass is 10.0. The number of amides is 1. The Hall–Kier alpha value is -1.59. The second kappa shape index (κ2) is 4.32. The van der Waals surface area contributed by atoms with E-state index in [1.807, 2.05) is 0 Å². The lowest BCUT2D eigenvalue weighted by molar-refractivity contribution is -0.144. The molecule has 12 heavy (non-hydrogen) atoms. The summed E-state index contributed by atoms with van der Waals surface area (Å²) in [7, 11) is 0. The zero-order valence-electron chi connectivity index (χ0n) is 6.19. The van der Waals surface area contributed by atoms with E-state index in [-0.39, 0.29) is 0 Å². The van der Waals surface area contributed by atoms with Crippen LogP contribution in [0.15, 0.2) is 0 Å². The summed E-state index contributed by atoms with van der Waals surface area (Å²) in [5, 5.41) is 16.5. The predicted molar refractivity (Wildman–Crippen MR) is 37.2 cm³/mol. The van der Waals surface area contributed by atoms with Crippen LogP contribution >= 0.6 is 0 Å². The van der Waals surface area contributed by atoms with Crippen LogP contribution in [0.2, 0.25) is 0 Å². The number of hydrogen-bond donors (Lipinski definition) is 3.